The van der Waals surface area contributed by atoms with Crippen molar-refractivity contribution in [3.8, 4) is 0 Å². The first-order chi connectivity index (χ1) is 13.9. The molecule has 1 atom stereocenters. The van der Waals surface area contributed by atoms with Gasteiger partial charge in [-0.3, -0.25) is 19.3 Å². The maximum Gasteiger partial charge on any atom is 0.325 e. The van der Waals surface area contributed by atoms with E-state index in [-0.39, 0.29) is 5.78 Å². The van der Waals surface area contributed by atoms with Crippen LogP contribution in [0.5, 0.6) is 0 Å². The van der Waals surface area contributed by atoms with E-state index in [1.807, 2.05) is 25.1 Å². The van der Waals surface area contributed by atoms with Crippen LogP contribution in [0.25, 0.3) is 0 Å². The molecule has 0 spiro atoms. The molecule has 0 aliphatic carbocycles. The Kier molecular flexibility index (Phi) is 5.77. The van der Waals surface area contributed by atoms with E-state index in [2.05, 4.69) is 10.6 Å². The van der Waals surface area contributed by atoms with Gasteiger partial charge in [-0.25, -0.2) is 4.79 Å². The summed E-state index contributed by atoms with van der Waals surface area (Å²) in [6.07, 6.45) is 1.11. The van der Waals surface area contributed by atoms with Gasteiger partial charge in [-0.05, 0) is 31.0 Å². The maximum absolute atomic E-state index is 13.2. The first kappa shape index (κ1) is 20.3. The number of nitrogens with zero attached hydrogens (tertiary/aromatic N) is 1. The number of hydrogen-bond donors (Lipinski definition) is 2. The molecule has 1 aliphatic heterocycles. The maximum atomic E-state index is 13.2. The lowest BCUT2D eigenvalue weighted by Crippen LogP contribution is -2.44. The highest BCUT2D eigenvalue weighted by atomic mass is 16.2. The first-order valence-electron chi connectivity index (χ1n) is 9.48. The van der Waals surface area contributed by atoms with Crippen LogP contribution in [0.3, 0.4) is 0 Å². The molecule has 0 bridgehead atoms. The summed E-state index contributed by atoms with van der Waals surface area (Å²) in [5, 5.41) is 5.43. The van der Waals surface area contributed by atoms with Crippen LogP contribution < -0.4 is 10.6 Å². The smallest absolute Gasteiger partial charge is 0.325 e. The van der Waals surface area contributed by atoms with Gasteiger partial charge in [0, 0.05) is 11.3 Å². The Morgan fingerprint density at radius 1 is 1.07 bits per heavy atom. The number of nitrogens with one attached hydrogen (secondary N) is 2. The van der Waals surface area contributed by atoms with E-state index in [0.29, 0.717) is 29.7 Å². The Bertz CT molecular complexity index is 958. The summed E-state index contributed by atoms with van der Waals surface area (Å²) in [5.41, 5.74) is 0.417. The van der Waals surface area contributed by atoms with Crippen molar-refractivity contribution in [2.24, 2.45) is 0 Å². The van der Waals surface area contributed by atoms with Crippen LogP contribution >= 0.6 is 0 Å². The molecule has 0 aromatic heterocycles. The summed E-state index contributed by atoms with van der Waals surface area (Å²) in [6, 6.07) is 14.9. The van der Waals surface area contributed by atoms with Crippen LogP contribution in [-0.4, -0.2) is 35.1 Å². The van der Waals surface area contributed by atoms with E-state index in [1.165, 1.54) is 6.92 Å². The topological polar surface area (TPSA) is 95.6 Å². The van der Waals surface area contributed by atoms with E-state index in [9.17, 15) is 19.2 Å². The zero-order valence-electron chi connectivity index (χ0n) is 16.4. The zero-order chi connectivity index (χ0) is 21.0. The second-order valence-corrected chi connectivity index (χ2v) is 7.03. The molecule has 7 heteroatoms. The summed E-state index contributed by atoms with van der Waals surface area (Å²) in [4.78, 5) is 50.6. The summed E-state index contributed by atoms with van der Waals surface area (Å²) < 4.78 is 0. The predicted octanol–water partition coefficient (Wildman–Crippen LogP) is 3.08. The van der Waals surface area contributed by atoms with Gasteiger partial charge in [0.15, 0.2) is 5.78 Å². The standard InChI is InChI=1S/C22H23N3O4/c1-3-12-22(17-9-5-4-6-10-17)20(28)25(21(29)24-22)14-19(27)23-18-11-7-8-16(13-18)15(2)26/h4-11,13H,3,12,14H2,1-2H3,(H,23,27)(H,24,29)/t22-/m1/s1. The van der Waals surface area contributed by atoms with E-state index in [1.54, 1.807) is 36.4 Å². The third-order valence-corrected chi connectivity index (χ3v) is 4.92. The van der Waals surface area contributed by atoms with Crippen molar-refractivity contribution in [2.45, 2.75) is 32.2 Å². The van der Waals surface area contributed by atoms with Gasteiger partial charge in [-0.15, -0.1) is 0 Å². The second-order valence-electron chi connectivity index (χ2n) is 7.03. The largest absolute Gasteiger partial charge is 0.325 e. The number of hydrogen-bond acceptors (Lipinski definition) is 4. The van der Waals surface area contributed by atoms with Crippen molar-refractivity contribution in [3.63, 3.8) is 0 Å². The van der Waals surface area contributed by atoms with Crippen molar-refractivity contribution in [2.75, 3.05) is 11.9 Å². The minimum Gasteiger partial charge on any atom is -0.325 e. The number of anilines is 1. The molecule has 4 amide bonds. The number of amides is 4. The third-order valence-electron chi connectivity index (χ3n) is 4.92. The summed E-state index contributed by atoms with van der Waals surface area (Å²) in [6.45, 7) is 2.96. The van der Waals surface area contributed by atoms with Crippen LogP contribution in [0.4, 0.5) is 10.5 Å². The molecule has 2 aromatic carbocycles. The van der Waals surface area contributed by atoms with Gasteiger partial charge in [-0.1, -0.05) is 55.8 Å². The Hall–Kier alpha value is -3.48. The minimum atomic E-state index is -1.16. The predicted molar refractivity (Wildman–Crippen MR) is 108 cm³/mol. The summed E-state index contributed by atoms with van der Waals surface area (Å²) >= 11 is 0. The number of urea groups is 1. The molecule has 0 unspecified atom stereocenters. The van der Waals surface area contributed by atoms with E-state index < -0.39 is 29.9 Å². The lowest BCUT2D eigenvalue weighted by molar-refractivity contribution is -0.134. The molecule has 2 N–H and O–H groups in total. The zero-order valence-corrected chi connectivity index (χ0v) is 16.4. The monoisotopic (exact) mass is 393 g/mol. The fourth-order valence-corrected chi connectivity index (χ4v) is 3.54. The average Bonchev–Trinajstić information content (AvgIpc) is 2.94. The number of carbonyl (C=O) groups is 4. The molecule has 7 nitrogen and oxygen atoms in total. The molecular weight excluding hydrogens is 370 g/mol. The molecule has 29 heavy (non-hydrogen) atoms. The number of Topliss-reactive ketones (excluding diaryl/α,β-unsaturated/α-hetero) is 1. The van der Waals surface area contributed by atoms with E-state index >= 15 is 0 Å². The molecule has 0 radical (unpaired) electrons. The van der Waals surface area contributed by atoms with Crippen LogP contribution in [0, 0.1) is 0 Å². The molecule has 3 rings (SSSR count). The Labute approximate surface area is 169 Å². The third kappa shape index (κ3) is 4.03. The van der Waals surface area contributed by atoms with Crippen molar-refractivity contribution in [1.29, 1.82) is 0 Å². The molecule has 0 saturated carbocycles. The van der Waals surface area contributed by atoms with Crippen molar-refractivity contribution >= 4 is 29.3 Å². The van der Waals surface area contributed by atoms with Gasteiger partial charge >= 0.3 is 6.03 Å². The van der Waals surface area contributed by atoms with Gasteiger partial charge < -0.3 is 10.6 Å². The highest BCUT2D eigenvalue weighted by molar-refractivity contribution is 6.10. The molecule has 1 saturated heterocycles. The number of imide groups is 1. The lowest BCUT2D eigenvalue weighted by Gasteiger charge is -2.26. The van der Waals surface area contributed by atoms with Crippen molar-refractivity contribution in [1.82, 2.24) is 10.2 Å². The van der Waals surface area contributed by atoms with Gasteiger partial charge in [-0.2, -0.15) is 0 Å². The number of benzene rings is 2. The molecule has 1 heterocycles. The number of rotatable bonds is 7. The fourth-order valence-electron chi connectivity index (χ4n) is 3.54. The van der Waals surface area contributed by atoms with E-state index in [0.717, 1.165) is 4.90 Å². The van der Waals surface area contributed by atoms with Crippen molar-refractivity contribution < 1.29 is 19.2 Å². The highest BCUT2D eigenvalue weighted by Crippen LogP contribution is 2.33. The van der Waals surface area contributed by atoms with Crippen LogP contribution in [0.2, 0.25) is 0 Å². The first-order valence-corrected chi connectivity index (χ1v) is 9.48. The van der Waals surface area contributed by atoms with E-state index in [4.69, 9.17) is 0 Å². The van der Waals surface area contributed by atoms with Gasteiger partial charge in [0.2, 0.25) is 5.91 Å². The number of carbonyl (C=O) groups excluding carboxylic acids is 4. The van der Waals surface area contributed by atoms with Crippen LogP contribution in [0.1, 0.15) is 42.6 Å². The second kappa shape index (κ2) is 8.26. The normalized spacial score (nSPS) is 18.5. The molecule has 2 aromatic rings. The average molecular weight is 393 g/mol. The highest BCUT2D eigenvalue weighted by Gasteiger charge is 2.52. The van der Waals surface area contributed by atoms with Crippen molar-refractivity contribution in [3.05, 3.63) is 65.7 Å². The molecule has 150 valence electrons. The Morgan fingerprint density at radius 3 is 2.45 bits per heavy atom. The summed E-state index contributed by atoms with van der Waals surface area (Å²) in [7, 11) is 0. The lowest BCUT2D eigenvalue weighted by atomic mass is 9.85. The minimum absolute atomic E-state index is 0.123. The molecule has 1 fully saturated rings. The van der Waals surface area contributed by atoms with Crippen LogP contribution in [-0.2, 0) is 15.1 Å². The quantitative estimate of drug-likeness (QED) is 0.558. The Morgan fingerprint density at radius 2 is 1.79 bits per heavy atom. The molecule has 1 aliphatic rings. The van der Waals surface area contributed by atoms with Gasteiger partial charge in [0.25, 0.3) is 5.91 Å². The summed E-state index contributed by atoms with van der Waals surface area (Å²) in [5.74, 6) is -1.08. The Balaban J connectivity index is 1.78. The van der Waals surface area contributed by atoms with Gasteiger partial charge in [0.05, 0.1) is 0 Å². The SMILES string of the molecule is CCC[C@]1(c2ccccc2)NC(=O)N(CC(=O)Nc2cccc(C(C)=O)c2)C1=O. The van der Waals surface area contributed by atoms with Gasteiger partial charge in [0.1, 0.15) is 12.1 Å². The number of ketones is 1. The molecular formula is C22H23N3O4. The fraction of sp³-hybridized carbons (Fsp3) is 0.273. The van der Waals surface area contributed by atoms with Crippen LogP contribution in [0.15, 0.2) is 54.6 Å².